The maximum atomic E-state index is 6.02. The Morgan fingerprint density at radius 3 is 3.11 bits per heavy atom. The number of aryl methyl sites for hydroxylation is 2. The molecule has 3 rings (SSSR count). The van der Waals surface area contributed by atoms with Gasteiger partial charge in [-0.1, -0.05) is 17.7 Å². The largest absolute Gasteiger partial charge is 0.304 e. The maximum Gasteiger partial charge on any atom is 0.125 e. The molecule has 1 aliphatic rings. The van der Waals surface area contributed by atoms with E-state index in [9.17, 15) is 0 Å². The summed E-state index contributed by atoms with van der Waals surface area (Å²) in [6, 6.07) is 8.54. The second-order valence-electron chi connectivity index (χ2n) is 4.91. The highest BCUT2D eigenvalue weighted by Crippen LogP contribution is 2.32. The number of nitrogens with zero attached hydrogens (tertiary/aromatic N) is 2. The number of hydrogen-bond acceptors (Lipinski definition) is 3. The van der Waals surface area contributed by atoms with E-state index in [-0.39, 0.29) is 0 Å². The molecule has 1 heterocycles. The SMILES string of the molecule is Cc1nccc(CNC2CCc3cc(Cl)ccc32)n1. The van der Waals surface area contributed by atoms with Crippen LogP contribution in [0.2, 0.25) is 5.02 Å². The van der Waals surface area contributed by atoms with E-state index in [2.05, 4.69) is 27.4 Å². The minimum atomic E-state index is 0.405. The Labute approximate surface area is 118 Å². The van der Waals surface area contributed by atoms with Crippen LogP contribution in [0.5, 0.6) is 0 Å². The average Bonchev–Trinajstić information content (AvgIpc) is 2.78. The number of rotatable bonds is 3. The minimum absolute atomic E-state index is 0.405. The van der Waals surface area contributed by atoms with Crippen LogP contribution in [0.15, 0.2) is 30.5 Å². The van der Waals surface area contributed by atoms with Crippen molar-refractivity contribution in [2.75, 3.05) is 0 Å². The highest BCUT2D eigenvalue weighted by molar-refractivity contribution is 6.30. The van der Waals surface area contributed by atoms with Crippen molar-refractivity contribution in [3.05, 3.63) is 58.1 Å². The first-order valence-electron chi connectivity index (χ1n) is 6.52. The van der Waals surface area contributed by atoms with Gasteiger partial charge in [-0.05, 0) is 49.1 Å². The third-order valence-electron chi connectivity index (χ3n) is 3.55. The topological polar surface area (TPSA) is 37.8 Å². The standard InChI is InChI=1S/C15H16ClN3/c1-10-17-7-6-13(19-10)9-18-15-5-2-11-8-12(16)3-4-14(11)15/h3-4,6-8,15,18H,2,5,9H2,1H3. The van der Waals surface area contributed by atoms with Crippen molar-refractivity contribution in [2.24, 2.45) is 0 Å². The molecule has 0 saturated heterocycles. The molecule has 4 heteroatoms. The van der Waals surface area contributed by atoms with Crippen LogP contribution < -0.4 is 5.32 Å². The molecule has 2 aromatic rings. The average molecular weight is 274 g/mol. The van der Waals surface area contributed by atoms with Gasteiger partial charge in [0.1, 0.15) is 5.82 Å². The van der Waals surface area contributed by atoms with Gasteiger partial charge in [-0.3, -0.25) is 0 Å². The molecule has 0 amide bonds. The van der Waals surface area contributed by atoms with E-state index in [1.807, 2.05) is 25.3 Å². The highest BCUT2D eigenvalue weighted by Gasteiger charge is 2.21. The summed E-state index contributed by atoms with van der Waals surface area (Å²) in [7, 11) is 0. The van der Waals surface area contributed by atoms with Crippen molar-refractivity contribution in [1.29, 1.82) is 0 Å². The van der Waals surface area contributed by atoms with Crippen molar-refractivity contribution in [3.8, 4) is 0 Å². The van der Waals surface area contributed by atoms with Gasteiger partial charge in [0.25, 0.3) is 0 Å². The van der Waals surface area contributed by atoms with Crippen LogP contribution in [0.3, 0.4) is 0 Å². The van der Waals surface area contributed by atoms with Gasteiger partial charge in [-0.15, -0.1) is 0 Å². The van der Waals surface area contributed by atoms with Gasteiger partial charge in [0, 0.05) is 23.8 Å². The van der Waals surface area contributed by atoms with Crippen molar-refractivity contribution >= 4 is 11.6 Å². The van der Waals surface area contributed by atoms with E-state index in [0.717, 1.165) is 35.9 Å². The molecule has 3 nitrogen and oxygen atoms in total. The van der Waals surface area contributed by atoms with Gasteiger partial charge in [0.15, 0.2) is 0 Å². The molecule has 0 fully saturated rings. The van der Waals surface area contributed by atoms with Crippen molar-refractivity contribution in [1.82, 2.24) is 15.3 Å². The fourth-order valence-corrected chi connectivity index (χ4v) is 2.82. The van der Waals surface area contributed by atoms with E-state index >= 15 is 0 Å². The Balaban J connectivity index is 1.70. The molecule has 0 aliphatic heterocycles. The van der Waals surface area contributed by atoms with Gasteiger partial charge < -0.3 is 5.32 Å². The Kier molecular flexibility index (Phi) is 3.49. The van der Waals surface area contributed by atoms with Gasteiger partial charge in [0.2, 0.25) is 0 Å². The Bertz CT molecular complexity index is 598. The lowest BCUT2D eigenvalue weighted by molar-refractivity contribution is 0.524. The van der Waals surface area contributed by atoms with Crippen molar-refractivity contribution in [2.45, 2.75) is 32.4 Å². The summed E-state index contributed by atoms with van der Waals surface area (Å²) in [5.74, 6) is 0.818. The summed E-state index contributed by atoms with van der Waals surface area (Å²) < 4.78 is 0. The molecular weight excluding hydrogens is 258 g/mol. The first-order valence-corrected chi connectivity index (χ1v) is 6.90. The summed E-state index contributed by atoms with van der Waals surface area (Å²) in [5, 5.41) is 4.39. The van der Waals surface area contributed by atoms with Crippen LogP contribution in [0, 0.1) is 6.92 Å². The van der Waals surface area contributed by atoms with E-state index in [0.29, 0.717) is 6.04 Å². The summed E-state index contributed by atoms with van der Waals surface area (Å²) in [5.41, 5.74) is 3.77. The molecule has 0 radical (unpaired) electrons. The van der Waals surface area contributed by atoms with Crippen LogP contribution in [-0.2, 0) is 13.0 Å². The predicted molar refractivity (Wildman–Crippen MR) is 76.1 cm³/mol. The third-order valence-corrected chi connectivity index (χ3v) is 3.78. The molecule has 0 saturated carbocycles. The molecular formula is C15H16ClN3. The van der Waals surface area contributed by atoms with E-state index in [1.54, 1.807) is 0 Å². The first-order chi connectivity index (χ1) is 9.22. The van der Waals surface area contributed by atoms with Gasteiger partial charge >= 0.3 is 0 Å². The van der Waals surface area contributed by atoms with Crippen LogP contribution in [0.4, 0.5) is 0 Å². The molecule has 1 unspecified atom stereocenters. The van der Waals surface area contributed by atoms with Crippen LogP contribution in [-0.4, -0.2) is 9.97 Å². The molecule has 1 aromatic carbocycles. The number of aromatic nitrogens is 2. The summed E-state index contributed by atoms with van der Waals surface area (Å²) in [6.45, 7) is 2.69. The molecule has 98 valence electrons. The third kappa shape index (κ3) is 2.77. The Hall–Kier alpha value is -1.45. The molecule has 0 bridgehead atoms. The minimum Gasteiger partial charge on any atom is -0.304 e. The van der Waals surface area contributed by atoms with Crippen molar-refractivity contribution in [3.63, 3.8) is 0 Å². The number of benzene rings is 1. The zero-order chi connectivity index (χ0) is 13.2. The van der Waals surface area contributed by atoms with E-state index in [4.69, 9.17) is 11.6 Å². The fraction of sp³-hybridized carbons (Fsp3) is 0.333. The molecule has 1 aromatic heterocycles. The number of halogens is 1. The molecule has 19 heavy (non-hydrogen) atoms. The highest BCUT2D eigenvalue weighted by atomic mass is 35.5. The fourth-order valence-electron chi connectivity index (χ4n) is 2.63. The second-order valence-corrected chi connectivity index (χ2v) is 5.35. The van der Waals surface area contributed by atoms with Gasteiger partial charge in [0.05, 0.1) is 5.69 Å². The van der Waals surface area contributed by atoms with E-state index in [1.165, 1.54) is 11.1 Å². The number of fused-ring (bicyclic) bond motifs is 1. The summed E-state index contributed by atoms with van der Waals surface area (Å²) >= 11 is 6.02. The van der Waals surface area contributed by atoms with Crippen LogP contribution >= 0.6 is 11.6 Å². The number of hydrogen-bond donors (Lipinski definition) is 1. The Morgan fingerprint density at radius 2 is 2.26 bits per heavy atom. The zero-order valence-corrected chi connectivity index (χ0v) is 11.6. The predicted octanol–water partition coefficient (Wildman–Crippen LogP) is 3.22. The molecule has 1 aliphatic carbocycles. The lowest BCUT2D eigenvalue weighted by atomic mass is 10.1. The summed E-state index contributed by atoms with van der Waals surface area (Å²) in [4.78, 5) is 8.52. The second kappa shape index (κ2) is 5.27. The normalized spacial score (nSPS) is 17.5. The van der Waals surface area contributed by atoms with Crippen LogP contribution in [0.25, 0.3) is 0 Å². The summed E-state index contributed by atoms with van der Waals surface area (Å²) in [6.07, 6.45) is 4.03. The van der Waals surface area contributed by atoms with Gasteiger partial charge in [-0.25, -0.2) is 9.97 Å². The quantitative estimate of drug-likeness (QED) is 0.933. The monoisotopic (exact) mass is 273 g/mol. The van der Waals surface area contributed by atoms with E-state index < -0.39 is 0 Å². The smallest absolute Gasteiger partial charge is 0.125 e. The lowest BCUT2D eigenvalue weighted by Crippen LogP contribution is -2.19. The van der Waals surface area contributed by atoms with Crippen LogP contribution in [0.1, 0.15) is 35.1 Å². The zero-order valence-electron chi connectivity index (χ0n) is 10.9. The lowest BCUT2D eigenvalue weighted by Gasteiger charge is -2.13. The van der Waals surface area contributed by atoms with Gasteiger partial charge in [-0.2, -0.15) is 0 Å². The maximum absolute atomic E-state index is 6.02. The van der Waals surface area contributed by atoms with Crippen molar-refractivity contribution < 1.29 is 0 Å². The molecule has 1 N–H and O–H groups in total. The Morgan fingerprint density at radius 1 is 1.37 bits per heavy atom. The first kappa shape index (κ1) is 12.6. The molecule has 0 spiro atoms. The number of nitrogens with one attached hydrogen (secondary N) is 1. The molecule has 1 atom stereocenters.